The second-order valence-corrected chi connectivity index (χ2v) is 7.28. The Morgan fingerprint density at radius 1 is 1.07 bits per heavy atom. The van der Waals surface area contributed by atoms with Crippen molar-refractivity contribution in [2.75, 3.05) is 60.9 Å². The van der Waals surface area contributed by atoms with Gasteiger partial charge in [0, 0.05) is 51.2 Å². The lowest BCUT2D eigenvalue weighted by atomic mass is 10.3. The highest BCUT2D eigenvalue weighted by molar-refractivity contribution is 5.92. The largest absolute Gasteiger partial charge is 0.391 e. The van der Waals surface area contributed by atoms with E-state index in [1.165, 1.54) is 0 Å². The topological polar surface area (TPSA) is 84.8 Å². The number of carbonyl (C=O) groups excluding carboxylic acids is 1. The van der Waals surface area contributed by atoms with Gasteiger partial charge in [-0.25, -0.2) is 4.98 Å². The molecular weight excluding hydrogens is 356 g/mol. The number of anilines is 3. The molecule has 148 valence electrons. The van der Waals surface area contributed by atoms with Crippen molar-refractivity contribution in [3.8, 4) is 0 Å². The molecule has 2 aromatic rings. The van der Waals surface area contributed by atoms with Crippen LogP contribution in [0, 0.1) is 0 Å². The third kappa shape index (κ3) is 4.58. The van der Waals surface area contributed by atoms with E-state index in [4.69, 9.17) is 0 Å². The van der Waals surface area contributed by atoms with Crippen LogP contribution in [0.1, 0.15) is 6.42 Å². The average Bonchev–Trinajstić information content (AvgIpc) is 3.16. The summed E-state index contributed by atoms with van der Waals surface area (Å²) in [5, 5.41) is 12.7. The van der Waals surface area contributed by atoms with Crippen LogP contribution in [0.25, 0.3) is 0 Å². The van der Waals surface area contributed by atoms with E-state index in [2.05, 4.69) is 30.0 Å². The Morgan fingerprint density at radius 2 is 1.86 bits per heavy atom. The zero-order valence-corrected chi connectivity index (χ0v) is 15.9. The molecule has 2 fully saturated rings. The number of aliphatic hydroxyl groups excluding tert-OH is 1. The number of nitrogens with zero attached hydrogens (tertiary/aromatic N) is 5. The van der Waals surface area contributed by atoms with Crippen molar-refractivity contribution >= 4 is 23.4 Å². The maximum absolute atomic E-state index is 12.2. The van der Waals surface area contributed by atoms with Gasteiger partial charge in [0.15, 0.2) is 0 Å². The maximum atomic E-state index is 12.2. The van der Waals surface area contributed by atoms with Crippen LogP contribution in [0.2, 0.25) is 0 Å². The molecule has 8 heteroatoms. The average molecular weight is 382 g/mol. The number of benzene rings is 1. The van der Waals surface area contributed by atoms with E-state index >= 15 is 0 Å². The predicted molar refractivity (Wildman–Crippen MR) is 109 cm³/mol. The molecule has 1 amide bonds. The summed E-state index contributed by atoms with van der Waals surface area (Å²) >= 11 is 0. The van der Waals surface area contributed by atoms with Crippen molar-refractivity contribution in [2.24, 2.45) is 0 Å². The van der Waals surface area contributed by atoms with Crippen molar-refractivity contribution in [3.63, 3.8) is 0 Å². The number of para-hydroxylation sites is 1. The summed E-state index contributed by atoms with van der Waals surface area (Å²) in [5.74, 6) is 1.59. The number of β-amino-alcohol motifs (C(OH)–C–C–N with tert-alkyl or cyclic N) is 1. The van der Waals surface area contributed by atoms with E-state index in [1.54, 1.807) is 6.20 Å². The van der Waals surface area contributed by atoms with Crippen LogP contribution in [-0.4, -0.2) is 77.8 Å². The molecule has 0 radical (unpaired) electrons. The van der Waals surface area contributed by atoms with Crippen LogP contribution >= 0.6 is 0 Å². The summed E-state index contributed by atoms with van der Waals surface area (Å²) in [6.07, 6.45) is 2.29. The van der Waals surface area contributed by atoms with Gasteiger partial charge in [-0.05, 0) is 24.6 Å². The van der Waals surface area contributed by atoms with E-state index < -0.39 is 0 Å². The number of nitrogens with one attached hydrogen (secondary N) is 1. The van der Waals surface area contributed by atoms with Crippen molar-refractivity contribution in [3.05, 3.63) is 42.6 Å². The highest BCUT2D eigenvalue weighted by Crippen LogP contribution is 2.20. The normalized spacial score (nSPS) is 20.4. The molecule has 3 heterocycles. The quantitative estimate of drug-likeness (QED) is 0.792. The van der Waals surface area contributed by atoms with Gasteiger partial charge in [-0.1, -0.05) is 18.2 Å². The molecule has 2 saturated heterocycles. The summed E-state index contributed by atoms with van der Waals surface area (Å²) in [7, 11) is 0. The Labute approximate surface area is 164 Å². The molecular formula is C20H26N6O2. The number of hydrogen-bond acceptors (Lipinski definition) is 7. The minimum atomic E-state index is -0.274. The lowest BCUT2D eigenvalue weighted by molar-refractivity contribution is -0.117. The van der Waals surface area contributed by atoms with Gasteiger partial charge in [-0.15, -0.1) is 0 Å². The van der Waals surface area contributed by atoms with Crippen molar-refractivity contribution in [1.29, 1.82) is 0 Å². The first-order valence-electron chi connectivity index (χ1n) is 9.75. The van der Waals surface area contributed by atoms with Crippen LogP contribution in [0.4, 0.5) is 17.5 Å². The van der Waals surface area contributed by atoms with E-state index in [0.717, 1.165) is 50.6 Å². The summed E-state index contributed by atoms with van der Waals surface area (Å²) in [5.41, 5.74) is 0.823. The number of rotatable bonds is 5. The Morgan fingerprint density at radius 3 is 2.57 bits per heavy atom. The van der Waals surface area contributed by atoms with Gasteiger partial charge in [0.1, 0.15) is 5.82 Å². The molecule has 2 N–H and O–H groups in total. The molecule has 0 bridgehead atoms. The van der Waals surface area contributed by atoms with E-state index in [1.807, 2.05) is 36.4 Å². The molecule has 1 atom stereocenters. The molecule has 2 aliphatic heterocycles. The minimum absolute atomic E-state index is 0.00508. The number of piperazine rings is 1. The lowest BCUT2D eigenvalue weighted by Crippen LogP contribution is -2.49. The van der Waals surface area contributed by atoms with Crippen LogP contribution in [-0.2, 0) is 4.79 Å². The number of amides is 1. The molecule has 0 aliphatic carbocycles. The molecule has 0 saturated carbocycles. The standard InChI is InChI=1S/C20H26N6O2/c27-17-7-9-26(14-17)18-6-8-21-20(23-18)25-12-10-24(11-13-25)15-19(28)22-16-4-2-1-3-5-16/h1-6,8,17,27H,7,9-15H2,(H,22,28)/t17-/m0/s1. The van der Waals surface area contributed by atoms with E-state index in [9.17, 15) is 9.90 Å². The zero-order valence-electron chi connectivity index (χ0n) is 15.9. The Balaban J connectivity index is 1.29. The van der Waals surface area contributed by atoms with Crippen molar-refractivity contribution in [1.82, 2.24) is 14.9 Å². The minimum Gasteiger partial charge on any atom is -0.391 e. The van der Waals surface area contributed by atoms with E-state index in [0.29, 0.717) is 19.0 Å². The second-order valence-electron chi connectivity index (χ2n) is 7.28. The lowest BCUT2D eigenvalue weighted by Gasteiger charge is -2.34. The Kier molecular flexibility index (Phi) is 5.68. The Hall–Kier alpha value is -2.71. The molecule has 4 rings (SSSR count). The smallest absolute Gasteiger partial charge is 0.238 e. The van der Waals surface area contributed by atoms with Gasteiger partial charge in [-0.2, -0.15) is 4.98 Å². The summed E-state index contributed by atoms with van der Waals surface area (Å²) in [4.78, 5) is 27.7. The third-order valence-corrected chi connectivity index (χ3v) is 5.20. The first kappa shape index (κ1) is 18.6. The maximum Gasteiger partial charge on any atom is 0.238 e. The second kappa shape index (κ2) is 8.53. The fourth-order valence-corrected chi connectivity index (χ4v) is 3.65. The van der Waals surface area contributed by atoms with Gasteiger partial charge in [-0.3, -0.25) is 9.69 Å². The summed E-state index contributed by atoms with van der Waals surface area (Å²) in [6.45, 7) is 4.98. The molecule has 2 aliphatic rings. The predicted octanol–water partition coefficient (Wildman–Crippen LogP) is 0.808. The van der Waals surface area contributed by atoms with Gasteiger partial charge in [0.25, 0.3) is 0 Å². The van der Waals surface area contributed by atoms with Crippen LogP contribution in [0.15, 0.2) is 42.6 Å². The highest BCUT2D eigenvalue weighted by Gasteiger charge is 2.24. The fraction of sp³-hybridized carbons (Fsp3) is 0.450. The summed E-state index contributed by atoms with van der Waals surface area (Å²) < 4.78 is 0. The SMILES string of the molecule is O=C(CN1CCN(c2nccc(N3CC[C@H](O)C3)n2)CC1)Nc1ccccc1. The first-order chi connectivity index (χ1) is 13.7. The van der Waals surface area contributed by atoms with Crippen molar-refractivity contribution in [2.45, 2.75) is 12.5 Å². The van der Waals surface area contributed by atoms with Gasteiger partial charge < -0.3 is 20.2 Å². The number of aromatic nitrogens is 2. The highest BCUT2D eigenvalue weighted by atomic mass is 16.3. The van der Waals surface area contributed by atoms with Crippen LogP contribution < -0.4 is 15.1 Å². The molecule has 8 nitrogen and oxygen atoms in total. The zero-order chi connectivity index (χ0) is 19.3. The molecule has 28 heavy (non-hydrogen) atoms. The van der Waals surface area contributed by atoms with Gasteiger partial charge in [0.2, 0.25) is 11.9 Å². The fourth-order valence-electron chi connectivity index (χ4n) is 3.65. The van der Waals surface area contributed by atoms with Crippen LogP contribution in [0.3, 0.4) is 0 Å². The number of aliphatic hydroxyl groups is 1. The van der Waals surface area contributed by atoms with Crippen molar-refractivity contribution < 1.29 is 9.90 Å². The third-order valence-electron chi connectivity index (χ3n) is 5.20. The summed E-state index contributed by atoms with van der Waals surface area (Å²) in [6, 6.07) is 11.4. The van der Waals surface area contributed by atoms with Crippen LogP contribution in [0.5, 0.6) is 0 Å². The first-order valence-corrected chi connectivity index (χ1v) is 9.75. The van der Waals surface area contributed by atoms with Gasteiger partial charge in [0.05, 0.1) is 12.6 Å². The molecule has 0 spiro atoms. The number of carbonyl (C=O) groups is 1. The molecule has 1 aromatic heterocycles. The molecule has 0 unspecified atom stereocenters. The van der Waals surface area contributed by atoms with E-state index in [-0.39, 0.29) is 12.0 Å². The van der Waals surface area contributed by atoms with Gasteiger partial charge >= 0.3 is 0 Å². The monoisotopic (exact) mass is 382 g/mol. The Bertz CT molecular complexity index is 794. The molecule has 1 aromatic carbocycles. The number of hydrogen-bond donors (Lipinski definition) is 2.